The minimum absolute atomic E-state index is 0.137. The van der Waals surface area contributed by atoms with Crippen molar-refractivity contribution < 1.29 is 41.8 Å². The highest BCUT2D eigenvalue weighted by atomic mass is 19.4. The lowest BCUT2D eigenvalue weighted by Gasteiger charge is -2.29. The van der Waals surface area contributed by atoms with Crippen LogP contribution in [0, 0.1) is 0 Å². The number of halogens is 3. The summed E-state index contributed by atoms with van der Waals surface area (Å²) in [7, 11) is 1.48. The first-order chi connectivity index (χ1) is 22.5. The standard InChI is InChI=1S/C33H41F3N6O6/c1-20(2)41(6)27-16-26(39-31(45)48-32(3,4)5)25(15-24(27)33(34,35)36)38-29(44)17-28(43)21-10-9-11-22(14-21)42-23(18-37-40-42)19-47-30-12-7-8-13-46-30/h9-11,14-16,18,20,30H,7-8,12-13,17,19H2,1-6H3,(H,38,44)(H,39,45). The molecule has 12 nitrogen and oxygen atoms in total. The highest BCUT2D eigenvalue weighted by Gasteiger charge is 2.36. The molecule has 2 heterocycles. The van der Waals surface area contributed by atoms with Gasteiger partial charge in [-0.15, -0.1) is 5.10 Å². The van der Waals surface area contributed by atoms with Crippen molar-refractivity contribution in [1.29, 1.82) is 0 Å². The van der Waals surface area contributed by atoms with Crippen LogP contribution in [0.3, 0.4) is 0 Å². The molecule has 0 spiro atoms. The van der Waals surface area contributed by atoms with Gasteiger partial charge >= 0.3 is 12.3 Å². The van der Waals surface area contributed by atoms with Crippen LogP contribution in [0.4, 0.5) is 35.0 Å². The van der Waals surface area contributed by atoms with Gasteiger partial charge in [-0.2, -0.15) is 13.2 Å². The fraction of sp³-hybridized carbons (Fsp3) is 0.485. The lowest BCUT2D eigenvalue weighted by molar-refractivity contribution is -0.169. The number of hydrogen-bond donors (Lipinski definition) is 2. The molecule has 1 fully saturated rings. The van der Waals surface area contributed by atoms with Crippen LogP contribution in [0.25, 0.3) is 5.69 Å². The van der Waals surface area contributed by atoms with Gasteiger partial charge in [0.15, 0.2) is 12.1 Å². The molecule has 3 aromatic rings. The number of nitrogens with zero attached hydrogens (tertiary/aromatic N) is 4. The van der Waals surface area contributed by atoms with Crippen molar-refractivity contribution in [3.05, 3.63) is 59.4 Å². The van der Waals surface area contributed by atoms with E-state index >= 15 is 0 Å². The van der Waals surface area contributed by atoms with E-state index in [1.165, 1.54) is 35.0 Å². The van der Waals surface area contributed by atoms with Crippen LogP contribution in [0.5, 0.6) is 0 Å². The van der Waals surface area contributed by atoms with Gasteiger partial charge in [0.05, 0.1) is 53.2 Å². The summed E-state index contributed by atoms with van der Waals surface area (Å²) in [5.41, 5.74) is -1.38. The average Bonchev–Trinajstić information content (AvgIpc) is 3.48. The number of anilines is 3. The lowest BCUT2D eigenvalue weighted by atomic mass is 10.1. The van der Waals surface area contributed by atoms with Crippen LogP contribution in [-0.2, 0) is 31.8 Å². The molecule has 1 atom stereocenters. The fourth-order valence-corrected chi connectivity index (χ4v) is 4.85. The molecule has 2 aromatic carbocycles. The molecule has 1 aliphatic rings. The van der Waals surface area contributed by atoms with E-state index in [4.69, 9.17) is 14.2 Å². The van der Waals surface area contributed by atoms with Crippen molar-refractivity contribution in [1.82, 2.24) is 15.0 Å². The number of carbonyl (C=O) groups excluding carboxylic acids is 3. The normalized spacial score (nSPS) is 15.2. The number of hydrogen-bond acceptors (Lipinski definition) is 9. The van der Waals surface area contributed by atoms with E-state index in [-0.39, 0.29) is 41.6 Å². The van der Waals surface area contributed by atoms with Crippen LogP contribution in [-0.4, -0.2) is 64.4 Å². The number of carbonyl (C=O) groups is 3. The predicted octanol–water partition coefficient (Wildman–Crippen LogP) is 6.73. The van der Waals surface area contributed by atoms with Gasteiger partial charge in [0.25, 0.3) is 0 Å². The molecule has 260 valence electrons. The number of amides is 2. The van der Waals surface area contributed by atoms with Gasteiger partial charge in [-0.25, -0.2) is 9.48 Å². The summed E-state index contributed by atoms with van der Waals surface area (Å²) in [5, 5.41) is 12.9. The van der Waals surface area contributed by atoms with Crippen molar-refractivity contribution >= 4 is 34.8 Å². The largest absolute Gasteiger partial charge is 0.444 e. The summed E-state index contributed by atoms with van der Waals surface area (Å²) < 4.78 is 60.9. The highest BCUT2D eigenvalue weighted by molar-refractivity contribution is 6.12. The van der Waals surface area contributed by atoms with E-state index in [9.17, 15) is 27.6 Å². The van der Waals surface area contributed by atoms with Crippen LogP contribution < -0.4 is 15.5 Å². The minimum atomic E-state index is -4.80. The van der Waals surface area contributed by atoms with Crippen LogP contribution in [0.2, 0.25) is 0 Å². The molecule has 2 N–H and O–H groups in total. The van der Waals surface area contributed by atoms with E-state index in [1.807, 2.05) is 0 Å². The third-order valence-electron chi connectivity index (χ3n) is 7.41. The number of Topliss-reactive ketones (excluding diaryl/α,β-unsaturated/α-hetero) is 1. The quantitative estimate of drug-likeness (QED) is 0.168. The summed E-state index contributed by atoms with van der Waals surface area (Å²) in [6.45, 7) is 9.11. The monoisotopic (exact) mass is 674 g/mol. The first kappa shape index (κ1) is 36.3. The number of ketones is 1. The van der Waals surface area contributed by atoms with Crippen molar-refractivity contribution in [2.24, 2.45) is 0 Å². The first-order valence-corrected chi connectivity index (χ1v) is 15.6. The molecule has 1 saturated heterocycles. The van der Waals surface area contributed by atoms with Gasteiger partial charge in [0, 0.05) is 25.3 Å². The second-order valence-corrected chi connectivity index (χ2v) is 12.7. The molecule has 0 bridgehead atoms. The molecule has 0 radical (unpaired) electrons. The van der Waals surface area contributed by atoms with Gasteiger partial charge in [-0.1, -0.05) is 17.3 Å². The Bertz CT molecular complexity index is 1610. The summed E-state index contributed by atoms with van der Waals surface area (Å²) in [6, 6.07) is 7.87. The molecular formula is C33H41F3N6O6. The zero-order valence-corrected chi connectivity index (χ0v) is 27.8. The van der Waals surface area contributed by atoms with Crippen molar-refractivity contribution in [3.63, 3.8) is 0 Å². The molecule has 4 rings (SSSR count). The Morgan fingerprint density at radius 3 is 2.46 bits per heavy atom. The second-order valence-electron chi connectivity index (χ2n) is 12.7. The maximum Gasteiger partial charge on any atom is 0.418 e. The molecule has 1 aromatic heterocycles. The van der Waals surface area contributed by atoms with Crippen molar-refractivity contribution in [3.8, 4) is 5.69 Å². The van der Waals surface area contributed by atoms with E-state index in [0.717, 1.165) is 31.4 Å². The Hall–Kier alpha value is -4.50. The number of nitrogens with one attached hydrogen (secondary N) is 2. The van der Waals surface area contributed by atoms with Crippen LogP contribution in [0.1, 0.15) is 81.9 Å². The Kier molecular flexibility index (Phi) is 11.5. The summed E-state index contributed by atoms with van der Waals surface area (Å²) in [6.07, 6.45) is -2.45. The number of benzene rings is 2. The number of ether oxygens (including phenoxy) is 3. The topological polar surface area (TPSA) is 137 Å². The zero-order valence-electron chi connectivity index (χ0n) is 27.8. The molecular weight excluding hydrogens is 633 g/mol. The lowest BCUT2D eigenvalue weighted by Crippen LogP contribution is -2.30. The van der Waals surface area contributed by atoms with Crippen LogP contribution in [0.15, 0.2) is 42.6 Å². The molecule has 1 aliphatic heterocycles. The number of aromatic nitrogens is 3. The van der Waals surface area contributed by atoms with Gasteiger partial charge in [-0.3, -0.25) is 14.9 Å². The minimum Gasteiger partial charge on any atom is -0.444 e. The second kappa shape index (κ2) is 15.2. The predicted molar refractivity (Wildman–Crippen MR) is 172 cm³/mol. The van der Waals surface area contributed by atoms with Gasteiger partial charge in [-0.05, 0) is 78.1 Å². The number of alkyl halides is 3. The highest BCUT2D eigenvalue weighted by Crippen LogP contribution is 2.42. The van der Waals surface area contributed by atoms with Gasteiger partial charge < -0.3 is 24.4 Å². The van der Waals surface area contributed by atoms with E-state index in [0.29, 0.717) is 18.0 Å². The van der Waals surface area contributed by atoms with E-state index < -0.39 is 41.5 Å². The molecule has 0 aliphatic carbocycles. The first-order valence-electron chi connectivity index (χ1n) is 15.6. The Labute approximate surface area is 276 Å². The fourth-order valence-electron chi connectivity index (χ4n) is 4.85. The van der Waals surface area contributed by atoms with E-state index in [2.05, 4.69) is 20.9 Å². The Morgan fingerprint density at radius 1 is 1.08 bits per heavy atom. The SMILES string of the molecule is CC(C)N(C)c1cc(NC(=O)OC(C)(C)C)c(NC(=O)CC(=O)c2cccc(-n3nncc3COC3CCCCO3)c2)cc1C(F)(F)F. The third-order valence-corrected chi connectivity index (χ3v) is 7.41. The summed E-state index contributed by atoms with van der Waals surface area (Å²) >= 11 is 0. The van der Waals surface area contributed by atoms with Gasteiger partial charge in [0.2, 0.25) is 5.91 Å². The van der Waals surface area contributed by atoms with Crippen LogP contribution >= 0.6 is 0 Å². The molecule has 1 unspecified atom stereocenters. The maximum atomic E-state index is 14.2. The summed E-state index contributed by atoms with van der Waals surface area (Å²) in [4.78, 5) is 40.4. The molecule has 48 heavy (non-hydrogen) atoms. The van der Waals surface area contributed by atoms with Crippen molar-refractivity contribution in [2.45, 2.75) is 91.0 Å². The van der Waals surface area contributed by atoms with Crippen molar-refractivity contribution in [2.75, 3.05) is 29.2 Å². The maximum absolute atomic E-state index is 14.2. The van der Waals surface area contributed by atoms with Gasteiger partial charge in [0.1, 0.15) is 5.60 Å². The molecule has 2 amide bonds. The summed E-state index contributed by atoms with van der Waals surface area (Å²) in [5.74, 6) is -1.49. The Balaban J connectivity index is 1.55. The number of rotatable bonds is 11. The zero-order chi connectivity index (χ0) is 35.2. The smallest absolute Gasteiger partial charge is 0.418 e. The molecule has 0 saturated carbocycles. The average molecular weight is 675 g/mol. The van der Waals surface area contributed by atoms with E-state index in [1.54, 1.807) is 46.8 Å². The Morgan fingerprint density at radius 2 is 1.81 bits per heavy atom. The third kappa shape index (κ3) is 9.76. The molecule has 15 heteroatoms.